The van der Waals surface area contributed by atoms with Crippen LogP contribution in [-0.2, 0) is 14.3 Å². The molecule has 2 aromatic rings. The number of rotatable bonds is 21. The van der Waals surface area contributed by atoms with Gasteiger partial charge in [0.05, 0.1) is 19.8 Å². The van der Waals surface area contributed by atoms with Crippen LogP contribution in [-0.4, -0.2) is 42.3 Å². The fourth-order valence-electron chi connectivity index (χ4n) is 6.17. The summed E-state index contributed by atoms with van der Waals surface area (Å²) in [6.45, 7) is 33.6. The Kier molecular flexibility index (Phi) is 30.5. The Balaban J connectivity index is 0. The fraction of sp³-hybridized carbons (Fsp3) is 0.500. The van der Waals surface area contributed by atoms with Gasteiger partial charge in [-0.05, 0) is 127 Å². The van der Waals surface area contributed by atoms with Crippen molar-refractivity contribution in [3.05, 3.63) is 117 Å². The summed E-state index contributed by atoms with van der Waals surface area (Å²) in [5.74, 6) is 2.41. The minimum atomic E-state index is -0.927. The van der Waals surface area contributed by atoms with Crippen LogP contribution >= 0.6 is 0 Å². The summed E-state index contributed by atoms with van der Waals surface area (Å²) in [5.41, 5.74) is 11.5. The Hall–Kier alpha value is -3.62. The molecule has 0 heterocycles. The molecule has 0 unspecified atom stereocenters. The van der Waals surface area contributed by atoms with E-state index < -0.39 is 5.97 Å². The van der Waals surface area contributed by atoms with Crippen molar-refractivity contribution in [1.82, 2.24) is 0 Å². The number of benzene rings is 2. The smallest absolute Gasteiger partial charge is 0.870 e. The van der Waals surface area contributed by atoms with Gasteiger partial charge in [-0.25, -0.2) is 9.59 Å². The van der Waals surface area contributed by atoms with Crippen molar-refractivity contribution in [2.24, 2.45) is 0 Å². The molecule has 7 nitrogen and oxygen atoms in total. The van der Waals surface area contributed by atoms with Crippen molar-refractivity contribution >= 4 is 23.1 Å². The van der Waals surface area contributed by atoms with Gasteiger partial charge in [0.15, 0.2) is 0 Å². The molecular formula is C52H77NaO7. The molecule has 0 aliphatic rings. The molecule has 0 fully saturated rings. The van der Waals surface area contributed by atoms with E-state index in [9.17, 15) is 9.59 Å². The molecule has 2 rings (SSSR count). The molecule has 60 heavy (non-hydrogen) atoms. The minimum Gasteiger partial charge on any atom is -0.870 e. The standard InChI is InChI=1S/C27H40O3.C25H36O3.Na.H2O/c1-9-15-30-27-24(20(6)7)17-23(19(4)5)18-25(27)22(10-2)14-12-13-21(8)16-26(28)29-11-3;1-8-13-28-25-22(18(5)6)15-21(17(3)4)16-23(25)20(9-2)12-10-11-19(7)14-24(26)27;;/h12-14,16-20H,9-11,15H2,1-8H3;10-12,14-18H,8-9,13H2,1-7H3,(H,26,27);;1H2/q;;+1;/p-1/b13-12+,21-16?,22-14-;11-10+,19-14+,20-12-;;. The van der Waals surface area contributed by atoms with Crippen LogP contribution in [0.2, 0.25) is 0 Å². The molecule has 2 aromatic carbocycles. The molecule has 0 aromatic heterocycles. The van der Waals surface area contributed by atoms with E-state index in [1.807, 2.05) is 38.2 Å². The Morgan fingerprint density at radius 3 is 1.30 bits per heavy atom. The topological polar surface area (TPSA) is 112 Å². The van der Waals surface area contributed by atoms with Crippen LogP contribution < -0.4 is 39.0 Å². The third-order valence-corrected chi connectivity index (χ3v) is 9.51. The van der Waals surface area contributed by atoms with Gasteiger partial charge >= 0.3 is 41.5 Å². The Labute approximate surface area is 386 Å². The van der Waals surface area contributed by atoms with Crippen LogP contribution in [0.3, 0.4) is 0 Å². The molecule has 0 aliphatic heterocycles. The number of aliphatic carboxylic acids is 1. The normalized spacial score (nSPS) is 12.5. The van der Waals surface area contributed by atoms with Crippen molar-refractivity contribution < 1.29 is 63.9 Å². The second-order valence-corrected chi connectivity index (χ2v) is 16.0. The number of esters is 1. The monoisotopic (exact) mass is 837 g/mol. The Morgan fingerprint density at radius 1 is 0.617 bits per heavy atom. The van der Waals surface area contributed by atoms with E-state index in [0.717, 1.165) is 48.3 Å². The molecule has 0 saturated heterocycles. The van der Waals surface area contributed by atoms with Gasteiger partial charge in [0, 0.05) is 23.3 Å². The zero-order valence-electron chi connectivity index (χ0n) is 40.1. The van der Waals surface area contributed by atoms with Crippen LogP contribution in [0.1, 0.15) is 187 Å². The van der Waals surface area contributed by atoms with Crippen LogP contribution in [0.5, 0.6) is 11.5 Å². The van der Waals surface area contributed by atoms with Crippen molar-refractivity contribution in [2.45, 2.75) is 153 Å². The van der Waals surface area contributed by atoms with Gasteiger partial charge in [0.1, 0.15) is 11.5 Å². The number of hydrogen-bond donors (Lipinski definition) is 1. The van der Waals surface area contributed by atoms with Crippen molar-refractivity contribution in [2.75, 3.05) is 19.8 Å². The van der Waals surface area contributed by atoms with Gasteiger partial charge in [-0.15, -0.1) is 0 Å². The van der Waals surface area contributed by atoms with Crippen LogP contribution in [0.4, 0.5) is 0 Å². The van der Waals surface area contributed by atoms with Gasteiger partial charge < -0.3 is 24.8 Å². The van der Waals surface area contributed by atoms with Crippen molar-refractivity contribution in [3.8, 4) is 11.5 Å². The zero-order valence-corrected chi connectivity index (χ0v) is 42.1. The molecule has 8 heteroatoms. The van der Waals surface area contributed by atoms with Gasteiger partial charge in [0.25, 0.3) is 0 Å². The first-order chi connectivity index (χ1) is 27.4. The van der Waals surface area contributed by atoms with E-state index in [4.69, 9.17) is 19.3 Å². The van der Waals surface area contributed by atoms with Gasteiger partial charge in [0.2, 0.25) is 0 Å². The molecule has 0 bridgehead atoms. The molecule has 0 spiro atoms. The van der Waals surface area contributed by atoms with Gasteiger partial charge in [-0.2, -0.15) is 0 Å². The number of allylic oxidation sites excluding steroid dienone is 10. The van der Waals surface area contributed by atoms with E-state index in [0.29, 0.717) is 49.1 Å². The number of carboxylic acid groups (broad SMARTS) is 1. The first-order valence-corrected chi connectivity index (χ1v) is 21.6. The fourth-order valence-corrected chi connectivity index (χ4v) is 6.17. The Bertz CT molecular complexity index is 1800. The zero-order chi connectivity index (χ0) is 43.9. The van der Waals surface area contributed by atoms with E-state index in [-0.39, 0.29) is 41.0 Å². The molecule has 0 saturated carbocycles. The molecule has 2 N–H and O–H groups in total. The van der Waals surface area contributed by atoms with Crippen molar-refractivity contribution in [3.63, 3.8) is 0 Å². The number of hydrogen-bond acceptors (Lipinski definition) is 6. The maximum Gasteiger partial charge on any atom is 1.00 e. The predicted molar refractivity (Wildman–Crippen MR) is 249 cm³/mol. The van der Waals surface area contributed by atoms with Gasteiger partial charge in [-0.1, -0.05) is 132 Å². The average Bonchev–Trinajstić information content (AvgIpc) is 3.15. The summed E-state index contributed by atoms with van der Waals surface area (Å²) >= 11 is 0. The summed E-state index contributed by atoms with van der Waals surface area (Å²) in [5, 5.41) is 8.86. The molecule has 0 atom stereocenters. The minimum absolute atomic E-state index is 0. The number of ether oxygens (including phenoxy) is 3. The Morgan fingerprint density at radius 2 is 1.00 bits per heavy atom. The van der Waals surface area contributed by atoms with E-state index in [2.05, 4.69) is 120 Å². The largest absolute Gasteiger partial charge is 1.00 e. The van der Waals surface area contributed by atoms with Crippen LogP contribution in [0, 0.1) is 0 Å². The second-order valence-electron chi connectivity index (χ2n) is 16.0. The van der Waals surface area contributed by atoms with Gasteiger partial charge in [-0.3, -0.25) is 0 Å². The maximum absolute atomic E-state index is 11.6. The second kappa shape index (κ2) is 31.3. The van der Waals surface area contributed by atoms with E-state index in [1.165, 1.54) is 51.1 Å². The summed E-state index contributed by atoms with van der Waals surface area (Å²) in [6.07, 6.45) is 18.3. The summed E-state index contributed by atoms with van der Waals surface area (Å²) in [6, 6.07) is 9.13. The van der Waals surface area contributed by atoms with Crippen LogP contribution in [0.25, 0.3) is 11.1 Å². The average molecular weight is 837 g/mol. The number of carboxylic acids is 1. The SMILES string of the molecule is CCCOc1c(/C(=C\C=C\C(C)=CC(=O)OCC)CC)cc(C(C)C)cc1C(C)C.CCCOc1c(\C(=C/C=C/C(C)=C/C(=O)O)CC)cc(C(C)C)cc1C(C)C.[Na+].[OH-]. The molecule has 0 aliphatic carbocycles. The number of carbonyl (C=O) groups is 2. The summed E-state index contributed by atoms with van der Waals surface area (Å²) in [7, 11) is 0. The quantitative estimate of drug-likeness (QED) is 0.0577. The van der Waals surface area contributed by atoms with E-state index >= 15 is 0 Å². The number of carbonyl (C=O) groups excluding carboxylic acids is 1. The van der Waals surface area contributed by atoms with Crippen LogP contribution in [0.15, 0.2) is 84.0 Å². The summed E-state index contributed by atoms with van der Waals surface area (Å²) in [4.78, 5) is 22.4. The predicted octanol–water partition coefficient (Wildman–Crippen LogP) is 11.5. The third kappa shape index (κ3) is 20.3. The van der Waals surface area contributed by atoms with Crippen molar-refractivity contribution in [1.29, 1.82) is 0 Å². The molecule has 0 radical (unpaired) electrons. The first kappa shape index (κ1) is 58.5. The summed E-state index contributed by atoms with van der Waals surface area (Å²) < 4.78 is 17.5. The third-order valence-electron chi connectivity index (χ3n) is 9.51. The molecular weight excluding hydrogens is 760 g/mol. The first-order valence-electron chi connectivity index (χ1n) is 21.6. The maximum atomic E-state index is 11.6. The van der Waals surface area contributed by atoms with E-state index in [1.54, 1.807) is 6.92 Å². The molecule has 328 valence electrons. The molecule has 0 amide bonds.